The van der Waals surface area contributed by atoms with Crippen molar-refractivity contribution in [2.45, 2.75) is 26.3 Å². The predicted octanol–water partition coefficient (Wildman–Crippen LogP) is 1.47. The summed E-state index contributed by atoms with van der Waals surface area (Å²) >= 11 is 0. The van der Waals surface area contributed by atoms with Gasteiger partial charge < -0.3 is 19.9 Å². The van der Waals surface area contributed by atoms with Crippen LogP contribution in [0.2, 0.25) is 0 Å². The lowest BCUT2D eigenvalue weighted by atomic mass is 10.0. The lowest BCUT2D eigenvalue weighted by Gasteiger charge is -2.18. The number of carboxylic acid groups (broad SMARTS) is 1. The molecule has 0 radical (unpaired) electrons. The van der Waals surface area contributed by atoms with Gasteiger partial charge in [-0.25, -0.2) is 0 Å². The Morgan fingerprint density at radius 2 is 1.81 bits per heavy atom. The largest absolute Gasteiger partial charge is 0.493 e. The number of carbonyl (C=O) groups is 2. The Kier molecular flexibility index (Phi) is 6.02. The fourth-order valence-electron chi connectivity index (χ4n) is 1.82. The van der Waals surface area contributed by atoms with E-state index in [1.54, 1.807) is 39.2 Å². The molecule has 21 heavy (non-hydrogen) atoms. The Balaban J connectivity index is 2.69. The number of hydrogen-bond acceptors (Lipinski definition) is 4. The fraction of sp³-hybridized carbons (Fsp3) is 0.467. The van der Waals surface area contributed by atoms with E-state index in [1.807, 2.05) is 0 Å². The molecule has 1 aromatic carbocycles. The standard InChI is InChI=1S/C15H21NO5/c1-9(15(18)19)10(2)16-14(17)8-11-5-6-12(20-3)13(7-11)21-4/h5-7,9-10H,8H2,1-4H3,(H,16,17)(H,18,19). The minimum Gasteiger partial charge on any atom is -0.493 e. The molecule has 116 valence electrons. The van der Waals surface area contributed by atoms with Gasteiger partial charge in [0.1, 0.15) is 0 Å². The van der Waals surface area contributed by atoms with Crippen molar-refractivity contribution in [2.24, 2.45) is 5.92 Å². The SMILES string of the molecule is COc1ccc(CC(=O)NC(C)C(C)C(=O)O)cc1OC. The zero-order valence-corrected chi connectivity index (χ0v) is 12.7. The quantitative estimate of drug-likeness (QED) is 0.795. The van der Waals surface area contributed by atoms with Crippen molar-refractivity contribution in [1.29, 1.82) is 0 Å². The van der Waals surface area contributed by atoms with Crippen molar-refractivity contribution < 1.29 is 24.2 Å². The number of benzene rings is 1. The fourth-order valence-corrected chi connectivity index (χ4v) is 1.82. The van der Waals surface area contributed by atoms with Crippen LogP contribution in [0.4, 0.5) is 0 Å². The molecular weight excluding hydrogens is 274 g/mol. The lowest BCUT2D eigenvalue weighted by Crippen LogP contribution is -2.40. The maximum absolute atomic E-state index is 11.9. The summed E-state index contributed by atoms with van der Waals surface area (Å²) in [4.78, 5) is 22.8. The number of carboxylic acids is 1. The number of methoxy groups -OCH3 is 2. The highest BCUT2D eigenvalue weighted by Crippen LogP contribution is 2.27. The molecular formula is C15H21NO5. The third-order valence-corrected chi connectivity index (χ3v) is 3.34. The van der Waals surface area contributed by atoms with Crippen LogP contribution in [0.1, 0.15) is 19.4 Å². The number of carbonyl (C=O) groups excluding carboxylic acids is 1. The molecule has 0 heterocycles. The molecule has 0 bridgehead atoms. The van der Waals surface area contributed by atoms with Crippen LogP contribution in [0.5, 0.6) is 11.5 Å². The van der Waals surface area contributed by atoms with Gasteiger partial charge in [-0.05, 0) is 31.5 Å². The molecule has 0 saturated carbocycles. The Morgan fingerprint density at radius 1 is 1.19 bits per heavy atom. The van der Waals surface area contributed by atoms with Gasteiger partial charge in [0.05, 0.1) is 26.6 Å². The van der Waals surface area contributed by atoms with Crippen LogP contribution in [0.3, 0.4) is 0 Å². The third-order valence-electron chi connectivity index (χ3n) is 3.34. The molecule has 2 atom stereocenters. The van der Waals surface area contributed by atoms with E-state index < -0.39 is 17.9 Å². The lowest BCUT2D eigenvalue weighted by molar-refractivity contribution is -0.142. The zero-order valence-electron chi connectivity index (χ0n) is 12.7. The molecule has 6 nitrogen and oxygen atoms in total. The maximum Gasteiger partial charge on any atom is 0.308 e. The summed E-state index contributed by atoms with van der Waals surface area (Å²) in [5.74, 6) is -0.666. The van der Waals surface area contributed by atoms with E-state index in [9.17, 15) is 9.59 Å². The number of rotatable bonds is 7. The van der Waals surface area contributed by atoms with Gasteiger partial charge in [0.15, 0.2) is 11.5 Å². The molecule has 0 aliphatic heterocycles. The number of nitrogens with one attached hydrogen (secondary N) is 1. The first kappa shape index (κ1) is 16.8. The zero-order chi connectivity index (χ0) is 16.0. The molecule has 6 heteroatoms. The molecule has 1 amide bonds. The summed E-state index contributed by atoms with van der Waals surface area (Å²) in [6.45, 7) is 3.23. The Morgan fingerprint density at radius 3 is 2.33 bits per heavy atom. The van der Waals surface area contributed by atoms with Crippen molar-refractivity contribution in [3.63, 3.8) is 0 Å². The van der Waals surface area contributed by atoms with Gasteiger partial charge in [-0.1, -0.05) is 6.07 Å². The van der Waals surface area contributed by atoms with Gasteiger partial charge in [0.2, 0.25) is 5.91 Å². The van der Waals surface area contributed by atoms with Gasteiger partial charge in [0.25, 0.3) is 0 Å². The van der Waals surface area contributed by atoms with Crippen molar-refractivity contribution in [1.82, 2.24) is 5.32 Å². The number of aliphatic carboxylic acids is 1. The van der Waals surface area contributed by atoms with Gasteiger partial charge in [0, 0.05) is 6.04 Å². The summed E-state index contributed by atoms with van der Waals surface area (Å²) < 4.78 is 10.3. The summed E-state index contributed by atoms with van der Waals surface area (Å²) in [7, 11) is 3.07. The van der Waals surface area contributed by atoms with Crippen LogP contribution in [-0.2, 0) is 16.0 Å². The van der Waals surface area contributed by atoms with E-state index in [1.165, 1.54) is 7.11 Å². The molecule has 0 aliphatic carbocycles. The smallest absolute Gasteiger partial charge is 0.308 e. The van der Waals surface area contributed by atoms with Crippen LogP contribution in [0, 0.1) is 5.92 Å². The van der Waals surface area contributed by atoms with Crippen molar-refractivity contribution in [3.8, 4) is 11.5 Å². The van der Waals surface area contributed by atoms with Crippen molar-refractivity contribution >= 4 is 11.9 Å². The number of ether oxygens (including phenoxy) is 2. The normalized spacial score (nSPS) is 13.1. The molecule has 0 saturated heterocycles. The highest BCUT2D eigenvalue weighted by molar-refractivity contribution is 5.80. The van der Waals surface area contributed by atoms with Crippen LogP contribution in [-0.4, -0.2) is 37.2 Å². The minimum atomic E-state index is -0.936. The van der Waals surface area contributed by atoms with Crippen LogP contribution >= 0.6 is 0 Å². The number of hydrogen-bond donors (Lipinski definition) is 2. The Hall–Kier alpha value is -2.24. The van der Waals surface area contributed by atoms with E-state index in [4.69, 9.17) is 14.6 Å². The molecule has 1 rings (SSSR count). The minimum absolute atomic E-state index is 0.150. The van der Waals surface area contributed by atoms with Gasteiger partial charge in [-0.3, -0.25) is 9.59 Å². The molecule has 0 spiro atoms. The van der Waals surface area contributed by atoms with E-state index in [0.29, 0.717) is 11.5 Å². The van der Waals surface area contributed by atoms with Crippen LogP contribution < -0.4 is 14.8 Å². The van der Waals surface area contributed by atoms with Crippen LogP contribution in [0.25, 0.3) is 0 Å². The first-order valence-electron chi connectivity index (χ1n) is 6.62. The Labute approximate surface area is 124 Å². The monoisotopic (exact) mass is 295 g/mol. The summed E-state index contributed by atoms with van der Waals surface area (Å²) in [6.07, 6.45) is 0.150. The average molecular weight is 295 g/mol. The third kappa shape index (κ3) is 4.66. The van der Waals surface area contributed by atoms with Crippen LogP contribution in [0.15, 0.2) is 18.2 Å². The maximum atomic E-state index is 11.9. The molecule has 1 aromatic rings. The molecule has 0 aromatic heterocycles. The molecule has 0 fully saturated rings. The van der Waals surface area contributed by atoms with E-state index in [-0.39, 0.29) is 12.3 Å². The highest BCUT2D eigenvalue weighted by Gasteiger charge is 2.21. The second-order valence-electron chi connectivity index (χ2n) is 4.85. The topological polar surface area (TPSA) is 84.9 Å². The summed E-state index contributed by atoms with van der Waals surface area (Å²) in [6, 6.07) is 4.79. The van der Waals surface area contributed by atoms with Crippen molar-refractivity contribution in [2.75, 3.05) is 14.2 Å². The van der Waals surface area contributed by atoms with E-state index >= 15 is 0 Å². The van der Waals surface area contributed by atoms with E-state index in [2.05, 4.69) is 5.32 Å². The summed E-state index contributed by atoms with van der Waals surface area (Å²) in [5, 5.41) is 11.6. The molecule has 2 unspecified atom stereocenters. The number of amides is 1. The molecule has 2 N–H and O–H groups in total. The van der Waals surface area contributed by atoms with Crippen molar-refractivity contribution in [3.05, 3.63) is 23.8 Å². The second-order valence-corrected chi connectivity index (χ2v) is 4.85. The Bertz CT molecular complexity index is 515. The first-order chi connectivity index (χ1) is 9.88. The predicted molar refractivity (Wildman–Crippen MR) is 77.7 cm³/mol. The average Bonchev–Trinajstić information content (AvgIpc) is 2.45. The highest BCUT2D eigenvalue weighted by atomic mass is 16.5. The first-order valence-corrected chi connectivity index (χ1v) is 6.62. The van der Waals surface area contributed by atoms with E-state index in [0.717, 1.165) is 5.56 Å². The van der Waals surface area contributed by atoms with Gasteiger partial charge in [-0.2, -0.15) is 0 Å². The molecule has 0 aliphatic rings. The van der Waals surface area contributed by atoms with Gasteiger partial charge >= 0.3 is 5.97 Å². The second kappa shape index (κ2) is 7.52. The summed E-state index contributed by atoms with van der Waals surface area (Å²) in [5.41, 5.74) is 0.764. The van der Waals surface area contributed by atoms with Gasteiger partial charge in [-0.15, -0.1) is 0 Å².